The van der Waals surface area contributed by atoms with E-state index in [1.54, 1.807) is 0 Å². The van der Waals surface area contributed by atoms with Crippen LogP contribution in [0.1, 0.15) is 18.9 Å². The lowest BCUT2D eigenvalue weighted by Crippen LogP contribution is -1.97. The van der Waals surface area contributed by atoms with Crippen molar-refractivity contribution in [2.45, 2.75) is 13.3 Å². The standard InChI is InChI=1S/C13H14BrClO2/c1-9(8-15)5-10-6-11(14)13-12(7-10)16-3-2-4-17-13/h5-7H,2-4,8H2,1H3. The second-order valence-corrected chi connectivity index (χ2v) is 5.13. The summed E-state index contributed by atoms with van der Waals surface area (Å²) in [6, 6.07) is 4.00. The van der Waals surface area contributed by atoms with E-state index >= 15 is 0 Å². The van der Waals surface area contributed by atoms with Crippen molar-refractivity contribution >= 4 is 33.6 Å². The summed E-state index contributed by atoms with van der Waals surface area (Å²) in [7, 11) is 0. The molecule has 0 saturated carbocycles. The molecule has 2 nitrogen and oxygen atoms in total. The average Bonchev–Trinajstić information content (AvgIpc) is 2.54. The smallest absolute Gasteiger partial charge is 0.175 e. The van der Waals surface area contributed by atoms with E-state index in [0.29, 0.717) is 19.1 Å². The summed E-state index contributed by atoms with van der Waals surface area (Å²) in [5, 5.41) is 0. The molecular formula is C13H14BrClO2. The van der Waals surface area contributed by atoms with Crippen LogP contribution in [0.2, 0.25) is 0 Å². The summed E-state index contributed by atoms with van der Waals surface area (Å²) in [5.74, 6) is 2.13. The van der Waals surface area contributed by atoms with Crippen LogP contribution in [-0.4, -0.2) is 19.1 Å². The summed E-state index contributed by atoms with van der Waals surface area (Å²) >= 11 is 9.29. The van der Waals surface area contributed by atoms with E-state index in [4.69, 9.17) is 21.1 Å². The summed E-state index contributed by atoms with van der Waals surface area (Å²) in [6.07, 6.45) is 2.96. The predicted octanol–water partition coefficient (Wildman–Crippen LogP) is 4.25. The highest BCUT2D eigenvalue weighted by Gasteiger charge is 2.14. The molecule has 0 spiro atoms. The van der Waals surface area contributed by atoms with E-state index in [1.165, 1.54) is 0 Å². The normalized spacial score (nSPS) is 15.6. The SMILES string of the molecule is CC(=Cc1cc(Br)c2c(c1)OCCCO2)CCl. The van der Waals surface area contributed by atoms with E-state index in [2.05, 4.69) is 15.9 Å². The number of hydrogen-bond acceptors (Lipinski definition) is 2. The van der Waals surface area contributed by atoms with Crippen molar-refractivity contribution in [3.05, 3.63) is 27.7 Å². The van der Waals surface area contributed by atoms with Gasteiger partial charge in [-0.3, -0.25) is 0 Å². The van der Waals surface area contributed by atoms with Gasteiger partial charge in [-0.15, -0.1) is 11.6 Å². The molecule has 2 rings (SSSR count). The Hall–Kier alpha value is -0.670. The molecule has 92 valence electrons. The molecule has 1 aromatic rings. The topological polar surface area (TPSA) is 18.5 Å². The Kier molecular flexibility index (Phi) is 4.35. The van der Waals surface area contributed by atoms with Gasteiger partial charge in [-0.2, -0.15) is 0 Å². The Labute approximate surface area is 115 Å². The van der Waals surface area contributed by atoms with Crippen LogP contribution in [0.4, 0.5) is 0 Å². The Morgan fingerprint density at radius 2 is 2.18 bits per heavy atom. The van der Waals surface area contributed by atoms with Crippen LogP contribution in [0, 0.1) is 0 Å². The van der Waals surface area contributed by atoms with Crippen molar-refractivity contribution in [3.8, 4) is 11.5 Å². The van der Waals surface area contributed by atoms with Crippen LogP contribution in [0.5, 0.6) is 11.5 Å². The van der Waals surface area contributed by atoms with Gasteiger partial charge in [-0.1, -0.05) is 11.6 Å². The number of hydrogen-bond donors (Lipinski definition) is 0. The number of alkyl halides is 1. The summed E-state index contributed by atoms with van der Waals surface area (Å²) < 4.78 is 12.2. The lowest BCUT2D eigenvalue weighted by atomic mass is 10.1. The van der Waals surface area contributed by atoms with E-state index in [0.717, 1.165) is 33.5 Å². The van der Waals surface area contributed by atoms with Crippen LogP contribution in [0.25, 0.3) is 6.08 Å². The first-order valence-electron chi connectivity index (χ1n) is 5.53. The van der Waals surface area contributed by atoms with Crippen molar-refractivity contribution in [1.82, 2.24) is 0 Å². The molecule has 0 aromatic heterocycles. The van der Waals surface area contributed by atoms with Gasteiger partial charge < -0.3 is 9.47 Å². The quantitative estimate of drug-likeness (QED) is 0.759. The van der Waals surface area contributed by atoms with E-state index in [-0.39, 0.29) is 0 Å². The number of fused-ring (bicyclic) bond motifs is 1. The number of benzene rings is 1. The highest BCUT2D eigenvalue weighted by atomic mass is 79.9. The van der Waals surface area contributed by atoms with Gasteiger partial charge in [-0.05, 0) is 40.5 Å². The van der Waals surface area contributed by atoms with Gasteiger partial charge in [0.15, 0.2) is 11.5 Å². The molecule has 0 amide bonds. The molecular weight excluding hydrogens is 303 g/mol. The molecule has 4 heteroatoms. The molecule has 1 aromatic carbocycles. The van der Waals surface area contributed by atoms with Gasteiger partial charge >= 0.3 is 0 Å². The predicted molar refractivity (Wildman–Crippen MR) is 74.1 cm³/mol. The Balaban J connectivity index is 2.38. The van der Waals surface area contributed by atoms with E-state index < -0.39 is 0 Å². The van der Waals surface area contributed by atoms with Crippen molar-refractivity contribution in [3.63, 3.8) is 0 Å². The molecule has 0 atom stereocenters. The minimum Gasteiger partial charge on any atom is -0.489 e. The molecule has 0 unspecified atom stereocenters. The second-order valence-electron chi connectivity index (χ2n) is 4.00. The number of rotatable bonds is 2. The van der Waals surface area contributed by atoms with Crippen LogP contribution in [-0.2, 0) is 0 Å². The minimum absolute atomic E-state index is 0.534. The molecule has 1 heterocycles. The van der Waals surface area contributed by atoms with Gasteiger partial charge in [0.05, 0.1) is 17.7 Å². The molecule has 17 heavy (non-hydrogen) atoms. The summed E-state index contributed by atoms with van der Waals surface area (Å²) in [4.78, 5) is 0. The number of allylic oxidation sites excluding steroid dienone is 1. The fourth-order valence-corrected chi connectivity index (χ4v) is 2.31. The zero-order valence-corrected chi connectivity index (χ0v) is 12.0. The number of halogens is 2. The van der Waals surface area contributed by atoms with Crippen LogP contribution in [0.15, 0.2) is 22.2 Å². The second kappa shape index (κ2) is 5.78. The largest absolute Gasteiger partial charge is 0.489 e. The van der Waals surface area contributed by atoms with Crippen LogP contribution < -0.4 is 9.47 Å². The third kappa shape index (κ3) is 3.17. The van der Waals surface area contributed by atoms with Crippen molar-refractivity contribution in [2.75, 3.05) is 19.1 Å². The summed E-state index contributed by atoms with van der Waals surface area (Å²) in [5.41, 5.74) is 2.19. The molecule has 0 N–H and O–H groups in total. The Morgan fingerprint density at radius 3 is 2.94 bits per heavy atom. The maximum Gasteiger partial charge on any atom is 0.175 e. The highest BCUT2D eigenvalue weighted by molar-refractivity contribution is 9.10. The molecule has 0 bridgehead atoms. The zero-order valence-electron chi connectivity index (χ0n) is 9.63. The van der Waals surface area contributed by atoms with Gasteiger partial charge in [0.2, 0.25) is 0 Å². The van der Waals surface area contributed by atoms with Crippen molar-refractivity contribution < 1.29 is 9.47 Å². The molecule has 1 aliphatic rings. The monoisotopic (exact) mass is 316 g/mol. The molecule has 0 aliphatic carbocycles. The zero-order chi connectivity index (χ0) is 12.3. The fraction of sp³-hybridized carbons (Fsp3) is 0.385. The van der Waals surface area contributed by atoms with E-state index in [9.17, 15) is 0 Å². The van der Waals surface area contributed by atoms with E-state index in [1.807, 2.05) is 25.1 Å². The lowest BCUT2D eigenvalue weighted by Gasteiger charge is -2.10. The third-order valence-electron chi connectivity index (χ3n) is 2.45. The fourth-order valence-electron chi connectivity index (χ4n) is 1.66. The van der Waals surface area contributed by atoms with Gasteiger partial charge in [0, 0.05) is 12.3 Å². The minimum atomic E-state index is 0.534. The average molecular weight is 318 g/mol. The Bertz CT molecular complexity index is 443. The van der Waals surface area contributed by atoms with Crippen LogP contribution in [0.3, 0.4) is 0 Å². The molecule has 0 fully saturated rings. The maximum absolute atomic E-state index is 5.78. The molecule has 0 radical (unpaired) electrons. The lowest BCUT2D eigenvalue weighted by molar-refractivity contribution is 0.296. The molecule has 1 aliphatic heterocycles. The highest BCUT2D eigenvalue weighted by Crippen LogP contribution is 2.38. The van der Waals surface area contributed by atoms with Crippen molar-refractivity contribution in [1.29, 1.82) is 0 Å². The first-order valence-corrected chi connectivity index (χ1v) is 6.85. The Morgan fingerprint density at radius 1 is 1.41 bits per heavy atom. The molecule has 0 saturated heterocycles. The maximum atomic E-state index is 5.78. The first kappa shape index (κ1) is 12.8. The van der Waals surface area contributed by atoms with Gasteiger partial charge in [0.25, 0.3) is 0 Å². The van der Waals surface area contributed by atoms with Crippen molar-refractivity contribution in [2.24, 2.45) is 0 Å². The first-order chi connectivity index (χ1) is 8.20. The number of ether oxygens (including phenoxy) is 2. The summed E-state index contributed by atoms with van der Waals surface area (Å²) in [6.45, 7) is 3.40. The van der Waals surface area contributed by atoms with Crippen LogP contribution >= 0.6 is 27.5 Å². The van der Waals surface area contributed by atoms with Gasteiger partial charge in [-0.25, -0.2) is 0 Å². The third-order valence-corrected chi connectivity index (χ3v) is 3.46. The van der Waals surface area contributed by atoms with Gasteiger partial charge in [0.1, 0.15) is 0 Å².